The third kappa shape index (κ3) is 2.71. The Kier molecular flexibility index (Phi) is 3.76. The lowest BCUT2D eigenvalue weighted by Gasteiger charge is -2.21. The highest BCUT2D eigenvalue weighted by atomic mass is 35.5. The summed E-state index contributed by atoms with van der Waals surface area (Å²) in [7, 11) is 0. The van der Waals surface area contributed by atoms with Crippen LogP contribution in [0.5, 0.6) is 0 Å². The molecule has 22 heavy (non-hydrogen) atoms. The van der Waals surface area contributed by atoms with Crippen LogP contribution in [-0.4, -0.2) is 20.6 Å². The maximum Gasteiger partial charge on any atom is 0.214 e. The summed E-state index contributed by atoms with van der Waals surface area (Å²) in [6.45, 7) is 0. The van der Waals surface area contributed by atoms with Crippen LogP contribution >= 0.6 is 22.9 Å². The Balaban J connectivity index is 1.62. The molecule has 1 fully saturated rings. The molecular weight excluding hydrogens is 316 g/mol. The number of nitrogens with one attached hydrogen (secondary N) is 1. The van der Waals surface area contributed by atoms with E-state index in [9.17, 15) is 0 Å². The summed E-state index contributed by atoms with van der Waals surface area (Å²) in [4.78, 5) is 5.40. The smallest absolute Gasteiger partial charge is 0.214 e. The molecule has 1 aliphatic rings. The molecule has 4 nitrogen and oxygen atoms in total. The Labute approximate surface area is 138 Å². The zero-order chi connectivity index (χ0) is 14.9. The van der Waals surface area contributed by atoms with E-state index >= 15 is 0 Å². The van der Waals surface area contributed by atoms with Crippen LogP contribution in [0.25, 0.3) is 16.2 Å². The van der Waals surface area contributed by atoms with E-state index in [-0.39, 0.29) is 0 Å². The third-order valence-electron chi connectivity index (χ3n) is 4.16. The van der Waals surface area contributed by atoms with Crippen LogP contribution in [0.4, 0.5) is 5.13 Å². The van der Waals surface area contributed by atoms with Crippen molar-refractivity contribution in [3.05, 3.63) is 35.5 Å². The molecule has 0 bridgehead atoms. The summed E-state index contributed by atoms with van der Waals surface area (Å²) >= 11 is 7.57. The molecule has 1 aromatic carbocycles. The Morgan fingerprint density at radius 1 is 1.14 bits per heavy atom. The Bertz CT molecular complexity index is 771. The fraction of sp³-hybridized carbons (Fsp3) is 0.375. The van der Waals surface area contributed by atoms with E-state index in [1.807, 2.05) is 35.0 Å². The molecule has 3 aromatic rings. The van der Waals surface area contributed by atoms with E-state index in [1.54, 1.807) is 11.3 Å². The van der Waals surface area contributed by atoms with Crippen molar-refractivity contribution in [2.75, 3.05) is 5.32 Å². The molecule has 0 unspecified atom stereocenters. The number of benzene rings is 1. The monoisotopic (exact) mass is 332 g/mol. The number of rotatable bonds is 3. The molecule has 0 atom stereocenters. The first-order valence-electron chi connectivity index (χ1n) is 7.67. The minimum absolute atomic E-state index is 0.559. The van der Waals surface area contributed by atoms with Gasteiger partial charge in [0.1, 0.15) is 0 Å². The fourth-order valence-corrected chi connectivity index (χ4v) is 3.97. The molecule has 6 heteroatoms. The molecule has 4 rings (SSSR count). The van der Waals surface area contributed by atoms with Crippen molar-refractivity contribution in [3.8, 4) is 11.3 Å². The molecule has 1 aliphatic carbocycles. The van der Waals surface area contributed by atoms with Crippen molar-refractivity contribution in [1.82, 2.24) is 14.6 Å². The Morgan fingerprint density at radius 2 is 1.91 bits per heavy atom. The summed E-state index contributed by atoms with van der Waals surface area (Å²) in [6.07, 6.45) is 8.34. The van der Waals surface area contributed by atoms with Gasteiger partial charge in [-0.15, -0.1) is 5.10 Å². The van der Waals surface area contributed by atoms with Crippen LogP contribution in [0.1, 0.15) is 32.1 Å². The fourth-order valence-electron chi connectivity index (χ4n) is 2.99. The van der Waals surface area contributed by atoms with Crippen molar-refractivity contribution in [2.45, 2.75) is 38.1 Å². The number of halogens is 1. The summed E-state index contributed by atoms with van der Waals surface area (Å²) in [5, 5.41) is 9.97. The second kappa shape index (κ2) is 5.89. The maximum atomic E-state index is 5.96. The van der Waals surface area contributed by atoms with Crippen LogP contribution in [0.3, 0.4) is 0 Å². The summed E-state index contributed by atoms with van der Waals surface area (Å²) in [5.74, 6) is 0. The van der Waals surface area contributed by atoms with E-state index in [0.29, 0.717) is 6.04 Å². The predicted octanol–water partition coefficient (Wildman–Crippen LogP) is 4.86. The zero-order valence-electron chi connectivity index (χ0n) is 12.1. The largest absolute Gasteiger partial charge is 0.357 e. The molecule has 0 saturated heterocycles. The SMILES string of the molecule is Clc1ccc(-c2cnc3sc(NC4CCCCC4)nn23)cc1. The van der Waals surface area contributed by atoms with Gasteiger partial charge in [0.05, 0.1) is 11.9 Å². The van der Waals surface area contributed by atoms with Gasteiger partial charge < -0.3 is 5.32 Å². The minimum Gasteiger partial charge on any atom is -0.357 e. The molecule has 2 heterocycles. The van der Waals surface area contributed by atoms with Gasteiger partial charge in [0.15, 0.2) is 0 Å². The maximum absolute atomic E-state index is 5.96. The van der Waals surface area contributed by atoms with E-state index in [2.05, 4.69) is 10.3 Å². The highest BCUT2D eigenvalue weighted by Crippen LogP contribution is 2.28. The number of aromatic nitrogens is 3. The van der Waals surface area contributed by atoms with E-state index in [4.69, 9.17) is 16.7 Å². The normalized spacial score (nSPS) is 16.2. The van der Waals surface area contributed by atoms with Crippen molar-refractivity contribution in [3.63, 3.8) is 0 Å². The molecule has 0 radical (unpaired) electrons. The van der Waals surface area contributed by atoms with Gasteiger partial charge in [-0.3, -0.25) is 0 Å². The first kappa shape index (κ1) is 14.0. The van der Waals surface area contributed by atoms with Gasteiger partial charge in [-0.25, -0.2) is 9.50 Å². The Morgan fingerprint density at radius 3 is 2.68 bits per heavy atom. The number of anilines is 1. The van der Waals surface area contributed by atoms with E-state index in [0.717, 1.165) is 26.4 Å². The molecule has 114 valence electrons. The molecule has 0 aliphatic heterocycles. The van der Waals surface area contributed by atoms with E-state index in [1.165, 1.54) is 32.1 Å². The van der Waals surface area contributed by atoms with E-state index < -0.39 is 0 Å². The van der Waals surface area contributed by atoms with Gasteiger partial charge in [0.25, 0.3) is 0 Å². The predicted molar refractivity (Wildman–Crippen MR) is 91.8 cm³/mol. The quantitative estimate of drug-likeness (QED) is 0.745. The van der Waals surface area contributed by atoms with Gasteiger partial charge in [-0.2, -0.15) is 0 Å². The van der Waals surface area contributed by atoms with Crippen molar-refractivity contribution < 1.29 is 0 Å². The molecule has 1 saturated carbocycles. The van der Waals surface area contributed by atoms with Gasteiger partial charge >= 0.3 is 0 Å². The topological polar surface area (TPSA) is 42.2 Å². The second-order valence-electron chi connectivity index (χ2n) is 5.73. The molecular formula is C16H17ClN4S. The number of nitrogens with zero attached hydrogens (tertiary/aromatic N) is 3. The van der Waals surface area contributed by atoms with Crippen LogP contribution in [0, 0.1) is 0 Å². The average molecular weight is 333 g/mol. The minimum atomic E-state index is 0.559. The van der Waals surface area contributed by atoms with Gasteiger partial charge in [-0.05, 0) is 25.0 Å². The number of imidazole rings is 1. The van der Waals surface area contributed by atoms with Crippen molar-refractivity contribution in [1.29, 1.82) is 0 Å². The third-order valence-corrected chi connectivity index (χ3v) is 5.26. The average Bonchev–Trinajstić information content (AvgIpc) is 3.09. The van der Waals surface area contributed by atoms with Gasteiger partial charge in [0.2, 0.25) is 10.1 Å². The van der Waals surface area contributed by atoms with Crippen molar-refractivity contribution >= 4 is 33.0 Å². The van der Waals surface area contributed by atoms with Gasteiger partial charge in [-0.1, -0.05) is 54.3 Å². The zero-order valence-corrected chi connectivity index (χ0v) is 13.7. The van der Waals surface area contributed by atoms with Crippen LogP contribution < -0.4 is 5.32 Å². The Hall–Kier alpha value is -1.59. The van der Waals surface area contributed by atoms with Crippen LogP contribution in [0.2, 0.25) is 5.02 Å². The molecule has 0 spiro atoms. The molecule has 2 aromatic heterocycles. The van der Waals surface area contributed by atoms with Crippen molar-refractivity contribution in [2.24, 2.45) is 0 Å². The number of hydrogen-bond acceptors (Lipinski definition) is 4. The van der Waals surface area contributed by atoms with Gasteiger partial charge in [0, 0.05) is 16.6 Å². The summed E-state index contributed by atoms with van der Waals surface area (Å²) in [6, 6.07) is 8.34. The second-order valence-corrected chi connectivity index (χ2v) is 7.12. The summed E-state index contributed by atoms with van der Waals surface area (Å²) in [5.41, 5.74) is 2.08. The lowest BCUT2D eigenvalue weighted by molar-refractivity contribution is 0.462. The standard InChI is InChI=1S/C16H17ClN4S/c17-12-8-6-11(7-9-12)14-10-18-16-21(14)20-15(22-16)19-13-4-2-1-3-5-13/h6-10,13H,1-5H2,(H,19,20). The lowest BCUT2D eigenvalue weighted by Crippen LogP contribution is -2.22. The highest BCUT2D eigenvalue weighted by Gasteiger charge is 2.16. The summed E-state index contributed by atoms with van der Waals surface area (Å²) < 4.78 is 1.92. The highest BCUT2D eigenvalue weighted by molar-refractivity contribution is 7.20. The van der Waals surface area contributed by atoms with Crippen LogP contribution in [0.15, 0.2) is 30.5 Å². The molecule has 0 amide bonds. The van der Waals surface area contributed by atoms with Crippen LogP contribution in [-0.2, 0) is 0 Å². The lowest BCUT2D eigenvalue weighted by atomic mass is 9.96. The first-order valence-corrected chi connectivity index (χ1v) is 8.86. The number of fused-ring (bicyclic) bond motifs is 1. The number of hydrogen-bond donors (Lipinski definition) is 1. The molecule has 1 N–H and O–H groups in total. The first-order chi connectivity index (χ1) is 10.8.